The lowest BCUT2D eigenvalue weighted by Crippen LogP contribution is -2.49. The maximum absolute atomic E-state index is 12.6. The summed E-state index contributed by atoms with van der Waals surface area (Å²) in [6.07, 6.45) is -0.0251. The molecule has 0 spiro atoms. The van der Waals surface area contributed by atoms with Gasteiger partial charge in [0, 0.05) is 18.7 Å². The maximum atomic E-state index is 12.6. The zero-order valence-electron chi connectivity index (χ0n) is 22.6. The average Bonchev–Trinajstić information content (AvgIpc) is 3.31. The van der Waals surface area contributed by atoms with Crippen LogP contribution < -0.4 is 21.7 Å². The molecule has 0 saturated carbocycles. The lowest BCUT2D eigenvalue weighted by molar-refractivity contribution is 0.100. The van der Waals surface area contributed by atoms with Gasteiger partial charge >= 0.3 is 6.09 Å². The van der Waals surface area contributed by atoms with Crippen molar-refractivity contribution in [3.05, 3.63) is 95.1 Å². The predicted molar refractivity (Wildman–Crippen MR) is 156 cm³/mol. The minimum atomic E-state index is -2.10. The van der Waals surface area contributed by atoms with Crippen molar-refractivity contribution in [1.82, 2.24) is 10.6 Å². The molecule has 0 aliphatic carbocycles. The van der Waals surface area contributed by atoms with Crippen molar-refractivity contribution in [3.8, 4) is 0 Å². The van der Waals surface area contributed by atoms with Gasteiger partial charge in [0.25, 0.3) is 0 Å². The number of carbonyl (C=O) groups is 1. The number of anilines is 1. The summed E-state index contributed by atoms with van der Waals surface area (Å²) in [5.74, 6) is 0.110. The Kier molecular flexibility index (Phi) is 10.7. The number of alkyl carbamates (subject to hydrolysis) is 1. The largest absolute Gasteiger partial charge is 0.445 e. The van der Waals surface area contributed by atoms with Crippen LogP contribution in [0.5, 0.6) is 0 Å². The lowest BCUT2D eigenvalue weighted by atomic mass is 9.98. The Morgan fingerprint density at radius 1 is 1.07 bits per heavy atom. The van der Waals surface area contributed by atoms with Crippen molar-refractivity contribution in [2.45, 2.75) is 56.0 Å². The first-order valence-corrected chi connectivity index (χ1v) is 14.6. The van der Waals surface area contributed by atoms with E-state index in [2.05, 4.69) is 16.0 Å². The van der Waals surface area contributed by atoms with Crippen LogP contribution in [0, 0.1) is 5.92 Å². The van der Waals surface area contributed by atoms with E-state index in [4.69, 9.17) is 10.5 Å². The number of nitrogens with two attached hydrogens (primary N) is 1. The van der Waals surface area contributed by atoms with Gasteiger partial charge in [-0.25, -0.2) is 9.00 Å². The average molecular weight is 567 g/mol. The highest BCUT2D eigenvalue weighted by Crippen LogP contribution is 2.30. The molecule has 4 rings (SSSR count). The quantitative estimate of drug-likeness (QED) is 0.173. The molecule has 0 fully saturated rings. The highest BCUT2D eigenvalue weighted by atomic mass is 32.2. The number of hydrogen-bond acceptors (Lipinski definition) is 7. The van der Waals surface area contributed by atoms with E-state index in [9.17, 15) is 18.7 Å². The van der Waals surface area contributed by atoms with Crippen LogP contribution in [0.4, 0.5) is 10.5 Å². The normalized spacial score (nSPS) is 17.2. The molecule has 1 heterocycles. The van der Waals surface area contributed by atoms with Crippen LogP contribution >= 0.6 is 0 Å². The van der Waals surface area contributed by atoms with Crippen molar-refractivity contribution in [2.24, 2.45) is 11.7 Å². The van der Waals surface area contributed by atoms with Gasteiger partial charge in [-0.2, -0.15) is 0 Å². The molecule has 3 aromatic rings. The summed E-state index contributed by atoms with van der Waals surface area (Å²) in [4.78, 5) is 13.0. The maximum Gasteiger partial charge on any atom is 0.407 e. The molecular weight excluding hydrogens is 528 g/mol. The second-order valence-corrected chi connectivity index (χ2v) is 11.3. The smallest absolute Gasteiger partial charge is 0.407 e. The van der Waals surface area contributed by atoms with E-state index >= 15 is 0 Å². The molecule has 1 aliphatic rings. The third-order valence-electron chi connectivity index (χ3n) is 6.95. The predicted octanol–water partition coefficient (Wildman–Crippen LogP) is 3.19. The number of nitrogens with one attached hydrogen (secondary N) is 3. The van der Waals surface area contributed by atoms with E-state index in [1.165, 1.54) is 0 Å². The standard InChI is InChI=1S/C30H38N4O5S/c1-20(12-24-14-25-23(16-29(31)33-25)15-28(24)40(37)38)17-32-18-27(35)26(13-21-8-4-2-5-9-21)34-30(36)39-19-22-10-6-3-7-11-22/h2-11,14-15,20,26-27,29,32-33,35H,12-13,16-19,31H2,1H3,(H,34,36)(H,37,38). The fourth-order valence-corrected chi connectivity index (χ4v) is 5.52. The Hall–Kier alpha value is -3.28. The van der Waals surface area contributed by atoms with Gasteiger partial charge in [-0.05, 0) is 59.7 Å². The summed E-state index contributed by atoms with van der Waals surface area (Å²) in [5.41, 5.74) is 10.5. The van der Waals surface area contributed by atoms with Crippen LogP contribution in [0.15, 0.2) is 77.7 Å². The molecule has 0 aromatic heterocycles. The van der Waals surface area contributed by atoms with Crippen molar-refractivity contribution in [1.29, 1.82) is 0 Å². The van der Waals surface area contributed by atoms with Gasteiger partial charge in [-0.3, -0.25) is 0 Å². The van der Waals surface area contributed by atoms with Gasteiger partial charge in [0.1, 0.15) is 6.61 Å². The highest BCUT2D eigenvalue weighted by Gasteiger charge is 2.24. The Bertz CT molecular complexity index is 1280. The first-order valence-electron chi connectivity index (χ1n) is 13.5. The van der Waals surface area contributed by atoms with Gasteiger partial charge in [0.05, 0.1) is 23.2 Å². The van der Waals surface area contributed by atoms with Crippen molar-refractivity contribution < 1.29 is 23.4 Å². The fourth-order valence-electron chi connectivity index (χ4n) is 4.91. The number of benzene rings is 3. The van der Waals surface area contributed by atoms with E-state index in [-0.39, 0.29) is 25.2 Å². The second-order valence-electron chi connectivity index (χ2n) is 10.4. The molecule has 0 saturated heterocycles. The van der Waals surface area contributed by atoms with Crippen molar-refractivity contribution in [2.75, 3.05) is 18.4 Å². The summed E-state index contributed by atoms with van der Waals surface area (Å²) in [5, 5.41) is 20.4. The summed E-state index contributed by atoms with van der Waals surface area (Å²) in [7, 11) is 0. The number of rotatable bonds is 13. The third-order valence-corrected chi connectivity index (χ3v) is 7.71. The zero-order valence-corrected chi connectivity index (χ0v) is 23.4. The Morgan fingerprint density at radius 2 is 1.75 bits per heavy atom. The molecule has 7 N–H and O–H groups in total. The van der Waals surface area contributed by atoms with Crippen LogP contribution in [0.25, 0.3) is 0 Å². The molecular formula is C30H38N4O5S. The number of aliphatic hydroxyl groups excluding tert-OH is 1. The first kappa shape index (κ1) is 29.7. The van der Waals surface area contributed by atoms with Crippen LogP contribution in [-0.2, 0) is 41.7 Å². The van der Waals surface area contributed by atoms with Gasteiger partial charge in [-0.15, -0.1) is 0 Å². The molecule has 0 radical (unpaired) electrons. The molecule has 9 nitrogen and oxygen atoms in total. The Balaban J connectivity index is 1.32. The monoisotopic (exact) mass is 566 g/mol. The van der Waals surface area contributed by atoms with Crippen LogP contribution in [0.2, 0.25) is 0 Å². The number of ether oxygens (including phenoxy) is 1. The van der Waals surface area contributed by atoms with Gasteiger partial charge in [-0.1, -0.05) is 67.6 Å². The van der Waals surface area contributed by atoms with Crippen LogP contribution in [0.1, 0.15) is 29.2 Å². The Morgan fingerprint density at radius 3 is 2.42 bits per heavy atom. The van der Waals surface area contributed by atoms with E-state index in [1.807, 2.05) is 73.7 Å². The Labute approximate surface area is 237 Å². The molecule has 214 valence electrons. The fraction of sp³-hybridized carbons (Fsp3) is 0.367. The van der Waals surface area contributed by atoms with Gasteiger partial charge in [0.2, 0.25) is 0 Å². The number of amides is 1. The van der Waals surface area contributed by atoms with Crippen molar-refractivity contribution in [3.63, 3.8) is 0 Å². The van der Waals surface area contributed by atoms with E-state index < -0.39 is 29.3 Å². The summed E-state index contributed by atoms with van der Waals surface area (Å²) < 4.78 is 27.2. The number of aliphatic hydroxyl groups is 1. The van der Waals surface area contributed by atoms with Crippen LogP contribution in [0.3, 0.4) is 0 Å². The lowest BCUT2D eigenvalue weighted by Gasteiger charge is -2.25. The molecule has 1 aliphatic heterocycles. The molecule has 5 unspecified atom stereocenters. The van der Waals surface area contributed by atoms with E-state index in [0.29, 0.717) is 30.7 Å². The summed E-state index contributed by atoms with van der Waals surface area (Å²) in [6.45, 7) is 2.99. The third kappa shape index (κ3) is 8.61. The topological polar surface area (TPSA) is 146 Å². The highest BCUT2D eigenvalue weighted by molar-refractivity contribution is 7.79. The minimum absolute atomic E-state index is 0.110. The molecule has 5 atom stereocenters. The summed E-state index contributed by atoms with van der Waals surface area (Å²) in [6, 6.07) is 22.2. The molecule has 1 amide bonds. The molecule has 40 heavy (non-hydrogen) atoms. The second kappa shape index (κ2) is 14.4. The minimum Gasteiger partial charge on any atom is -0.445 e. The zero-order chi connectivity index (χ0) is 28.5. The first-order chi connectivity index (χ1) is 19.3. The molecule has 10 heteroatoms. The van der Waals surface area contributed by atoms with Crippen molar-refractivity contribution >= 4 is 22.9 Å². The number of hydrogen-bond donors (Lipinski definition) is 6. The molecule has 3 aromatic carbocycles. The van der Waals surface area contributed by atoms with Gasteiger partial charge < -0.3 is 36.1 Å². The summed E-state index contributed by atoms with van der Waals surface area (Å²) >= 11 is -2.10. The number of carbonyl (C=O) groups excluding carboxylic acids is 1. The molecule has 0 bridgehead atoms. The van der Waals surface area contributed by atoms with E-state index in [1.54, 1.807) is 6.07 Å². The van der Waals surface area contributed by atoms with Gasteiger partial charge in [0.15, 0.2) is 11.1 Å². The van der Waals surface area contributed by atoms with E-state index in [0.717, 1.165) is 27.9 Å². The number of fused-ring (bicyclic) bond motifs is 1. The van der Waals surface area contributed by atoms with Crippen LogP contribution in [-0.4, -0.2) is 51.4 Å². The SMILES string of the molecule is CC(CNCC(O)C(Cc1ccccc1)NC(=O)OCc1ccccc1)Cc1cc2c(cc1S(=O)O)CC(N)N2.